The highest BCUT2D eigenvalue weighted by Crippen LogP contribution is 2.02. The second kappa shape index (κ2) is 7.18. The number of pyridine rings is 1. The van der Waals surface area contributed by atoms with Crippen LogP contribution in [0, 0.1) is 0 Å². The van der Waals surface area contributed by atoms with E-state index in [0.717, 1.165) is 5.71 Å². The lowest BCUT2D eigenvalue weighted by Gasteiger charge is -1.97. The molecule has 1 rings (SSSR count). The van der Waals surface area contributed by atoms with Gasteiger partial charge in [-0.3, -0.25) is 0 Å². The Hall–Kier alpha value is -2.15. The number of carboxylic acids is 1. The number of nitrogens with zero attached hydrogens (tertiary/aromatic N) is 2. The van der Waals surface area contributed by atoms with Crippen LogP contribution in [0.25, 0.3) is 0 Å². The molecule has 0 fully saturated rings. The molecule has 0 bridgehead atoms. The fraction of sp³-hybridized carbons (Fsp3) is 0.222. The van der Waals surface area contributed by atoms with Crippen LogP contribution in [0.4, 0.5) is 5.82 Å². The number of hydrazine groups is 1. The van der Waals surface area contributed by atoms with E-state index in [1.54, 1.807) is 0 Å². The van der Waals surface area contributed by atoms with Crippen molar-refractivity contribution in [2.45, 2.75) is 13.8 Å². The van der Waals surface area contributed by atoms with Gasteiger partial charge in [-0.15, -0.1) is 0 Å². The minimum Gasteiger partial charge on any atom is -0.478 e. The molecule has 7 heteroatoms. The van der Waals surface area contributed by atoms with Gasteiger partial charge in [0.2, 0.25) is 0 Å². The molecule has 0 radical (unpaired) electrons. The Morgan fingerprint density at radius 2 is 2.06 bits per heavy atom. The molecule has 1 heterocycles. The maximum Gasteiger partial charge on any atom is 0.337 e. The molecule has 1 aromatic rings. The van der Waals surface area contributed by atoms with Crippen molar-refractivity contribution in [2.24, 2.45) is 16.8 Å². The minimum atomic E-state index is -0.999. The van der Waals surface area contributed by atoms with Crippen LogP contribution in [0.15, 0.2) is 23.4 Å². The summed E-state index contributed by atoms with van der Waals surface area (Å²) in [6, 6.07) is 2.91. The standard InChI is InChI=1S/C6H7N3O2.C3H8N2/c7-9-5-2-1-4(3-8-5)6(10)11;1-3(2)5-4/h1-3H,7H2,(H,8,9)(H,10,11);4H2,1-2H3. The molecule has 6 N–H and O–H groups in total. The molecule has 0 saturated heterocycles. The van der Waals surface area contributed by atoms with Gasteiger partial charge in [0.05, 0.1) is 5.56 Å². The number of carboxylic acid groups (broad SMARTS) is 1. The summed E-state index contributed by atoms with van der Waals surface area (Å²) in [5.74, 6) is 9.22. The van der Waals surface area contributed by atoms with Gasteiger partial charge in [-0.2, -0.15) is 5.10 Å². The number of hydrazone groups is 1. The molecule has 0 saturated carbocycles. The molecule has 0 aromatic carbocycles. The Morgan fingerprint density at radius 1 is 1.50 bits per heavy atom. The van der Waals surface area contributed by atoms with E-state index >= 15 is 0 Å². The van der Waals surface area contributed by atoms with E-state index < -0.39 is 5.97 Å². The van der Waals surface area contributed by atoms with E-state index in [1.165, 1.54) is 18.3 Å². The fourth-order valence-electron chi connectivity index (χ4n) is 0.606. The summed E-state index contributed by atoms with van der Waals surface area (Å²) in [7, 11) is 0. The van der Waals surface area contributed by atoms with Crippen molar-refractivity contribution in [2.75, 3.05) is 5.43 Å². The van der Waals surface area contributed by atoms with E-state index in [-0.39, 0.29) is 5.56 Å². The SMILES string of the molecule is CC(C)=NN.NNc1ccc(C(=O)O)cn1. The molecule has 0 aliphatic rings. The number of nitrogen functional groups attached to an aromatic ring is 1. The normalized spacial score (nSPS) is 8.44. The lowest BCUT2D eigenvalue weighted by Crippen LogP contribution is -2.08. The number of nitrogens with one attached hydrogen (secondary N) is 1. The molecular weight excluding hydrogens is 210 g/mol. The predicted molar refractivity (Wildman–Crippen MR) is 62.0 cm³/mol. The van der Waals surface area contributed by atoms with Crippen molar-refractivity contribution in [1.82, 2.24) is 4.98 Å². The second-order valence-corrected chi connectivity index (χ2v) is 2.96. The third kappa shape index (κ3) is 5.55. The van der Waals surface area contributed by atoms with Crippen molar-refractivity contribution in [3.8, 4) is 0 Å². The smallest absolute Gasteiger partial charge is 0.337 e. The Morgan fingerprint density at radius 3 is 2.31 bits per heavy atom. The molecular formula is C9H15N5O2. The number of aromatic nitrogens is 1. The van der Waals surface area contributed by atoms with E-state index in [4.69, 9.17) is 16.8 Å². The van der Waals surface area contributed by atoms with Crippen LogP contribution in [0.3, 0.4) is 0 Å². The first-order chi connectivity index (χ1) is 7.51. The third-order valence-electron chi connectivity index (χ3n) is 1.42. The zero-order valence-corrected chi connectivity index (χ0v) is 9.14. The van der Waals surface area contributed by atoms with Gasteiger partial charge in [-0.05, 0) is 26.0 Å². The van der Waals surface area contributed by atoms with Crippen LogP contribution in [0.2, 0.25) is 0 Å². The first kappa shape index (κ1) is 13.8. The van der Waals surface area contributed by atoms with Crippen LogP contribution in [0.1, 0.15) is 24.2 Å². The summed E-state index contributed by atoms with van der Waals surface area (Å²) in [6.07, 6.45) is 1.23. The zero-order valence-electron chi connectivity index (χ0n) is 9.14. The number of aromatic carboxylic acids is 1. The van der Waals surface area contributed by atoms with Crippen LogP contribution < -0.4 is 17.1 Å². The Kier molecular flexibility index (Phi) is 6.22. The van der Waals surface area contributed by atoms with Crippen molar-refractivity contribution >= 4 is 17.5 Å². The second-order valence-electron chi connectivity index (χ2n) is 2.96. The summed E-state index contributed by atoms with van der Waals surface area (Å²) in [6.45, 7) is 3.69. The molecule has 0 unspecified atom stereocenters. The summed E-state index contributed by atoms with van der Waals surface area (Å²) in [4.78, 5) is 14.0. The van der Waals surface area contributed by atoms with Crippen molar-refractivity contribution < 1.29 is 9.90 Å². The van der Waals surface area contributed by atoms with Gasteiger partial charge < -0.3 is 16.4 Å². The van der Waals surface area contributed by atoms with Gasteiger partial charge in [-0.25, -0.2) is 15.6 Å². The third-order valence-corrected chi connectivity index (χ3v) is 1.42. The van der Waals surface area contributed by atoms with Gasteiger partial charge in [0.15, 0.2) is 0 Å². The lowest BCUT2D eigenvalue weighted by molar-refractivity contribution is 0.0696. The van der Waals surface area contributed by atoms with E-state index in [2.05, 4.69) is 15.5 Å². The van der Waals surface area contributed by atoms with Gasteiger partial charge in [-0.1, -0.05) is 0 Å². The van der Waals surface area contributed by atoms with Crippen molar-refractivity contribution in [3.05, 3.63) is 23.9 Å². The first-order valence-corrected chi connectivity index (χ1v) is 4.38. The summed E-state index contributed by atoms with van der Waals surface area (Å²) in [5.41, 5.74) is 3.34. The topological polar surface area (TPSA) is 127 Å². The quantitative estimate of drug-likeness (QED) is 0.328. The molecule has 7 nitrogen and oxygen atoms in total. The first-order valence-electron chi connectivity index (χ1n) is 4.38. The number of nitrogens with two attached hydrogens (primary N) is 2. The molecule has 0 spiro atoms. The lowest BCUT2D eigenvalue weighted by atomic mass is 10.3. The van der Waals surface area contributed by atoms with E-state index in [0.29, 0.717) is 5.82 Å². The van der Waals surface area contributed by atoms with E-state index in [1.807, 2.05) is 13.8 Å². The van der Waals surface area contributed by atoms with Crippen LogP contribution in [-0.2, 0) is 0 Å². The van der Waals surface area contributed by atoms with Crippen LogP contribution >= 0.6 is 0 Å². The summed E-state index contributed by atoms with van der Waals surface area (Å²) >= 11 is 0. The minimum absolute atomic E-state index is 0.143. The number of carbonyl (C=O) groups is 1. The maximum absolute atomic E-state index is 10.3. The number of rotatable bonds is 2. The molecule has 0 atom stereocenters. The number of hydrogen-bond donors (Lipinski definition) is 4. The highest BCUT2D eigenvalue weighted by Gasteiger charge is 2.00. The van der Waals surface area contributed by atoms with Crippen molar-refractivity contribution in [1.29, 1.82) is 0 Å². The largest absolute Gasteiger partial charge is 0.478 e. The van der Waals surface area contributed by atoms with Crippen LogP contribution in [0.5, 0.6) is 0 Å². The average Bonchev–Trinajstić information content (AvgIpc) is 2.29. The van der Waals surface area contributed by atoms with Gasteiger partial charge in [0.25, 0.3) is 0 Å². The highest BCUT2D eigenvalue weighted by molar-refractivity contribution is 5.87. The van der Waals surface area contributed by atoms with E-state index in [9.17, 15) is 4.79 Å². The zero-order chi connectivity index (χ0) is 12.6. The molecule has 0 amide bonds. The number of anilines is 1. The average molecular weight is 225 g/mol. The Balaban J connectivity index is 0.000000385. The molecule has 16 heavy (non-hydrogen) atoms. The Labute approximate surface area is 93.1 Å². The molecule has 0 aliphatic carbocycles. The van der Waals surface area contributed by atoms with Gasteiger partial charge in [0.1, 0.15) is 5.82 Å². The van der Waals surface area contributed by atoms with Gasteiger partial charge >= 0.3 is 5.97 Å². The molecule has 88 valence electrons. The summed E-state index contributed by atoms with van der Waals surface area (Å²) < 4.78 is 0. The number of hydrogen-bond acceptors (Lipinski definition) is 6. The predicted octanol–water partition coefficient (Wildman–Crippen LogP) is 0.406. The van der Waals surface area contributed by atoms with Gasteiger partial charge in [0, 0.05) is 11.9 Å². The maximum atomic E-state index is 10.3. The van der Waals surface area contributed by atoms with Crippen molar-refractivity contribution in [3.63, 3.8) is 0 Å². The molecule has 1 aromatic heterocycles. The highest BCUT2D eigenvalue weighted by atomic mass is 16.4. The summed E-state index contributed by atoms with van der Waals surface area (Å²) in [5, 5.41) is 11.8. The monoisotopic (exact) mass is 225 g/mol. The molecule has 0 aliphatic heterocycles. The fourth-order valence-corrected chi connectivity index (χ4v) is 0.606. The Bertz CT molecular complexity index is 357. The van der Waals surface area contributed by atoms with Crippen LogP contribution in [-0.4, -0.2) is 21.8 Å².